The molecule has 2 N–H and O–H groups in total. The molecule has 1 aromatic rings. The summed E-state index contributed by atoms with van der Waals surface area (Å²) in [5.74, 6) is 0.758. The maximum Gasteiger partial charge on any atom is 0.143 e. The first kappa shape index (κ1) is 12.0. The molecule has 0 aliphatic carbocycles. The Hall–Kier alpha value is -1.42. The third-order valence-electron chi connectivity index (χ3n) is 3.54. The molecule has 2 rings (SSSR count). The molecule has 0 saturated carbocycles. The van der Waals surface area contributed by atoms with Gasteiger partial charge < -0.3 is 20.3 Å². The number of hydrogen-bond donors (Lipinski definition) is 1. The first-order valence-corrected chi connectivity index (χ1v) is 6.00. The first-order valence-electron chi connectivity index (χ1n) is 6.00. The highest BCUT2D eigenvalue weighted by atomic mass is 16.5. The molecule has 94 valence electrons. The minimum atomic E-state index is 0.576. The van der Waals surface area contributed by atoms with Gasteiger partial charge in [0, 0.05) is 37.4 Å². The molecule has 0 aromatic heterocycles. The van der Waals surface area contributed by atoms with E-state index in [2.05, 4.69) is 29.8 Å². The molecule has 0 spiro atoms. The van der Waals surface area contributed by atoms with Crippen LogP contribution in [0.15, 0.2) is 18.2 Å². The zero-order valence-electron chi connectivity index (χ0n) is 10.8. The highest BCUT2D eigenvalue weighted by Gasteiger charge is 2.21. The van der Waals surface area contributed by atoms with E-state index in [0.29, 0.717) is 11.7 Å². The second-order valence-corrected chi connectivity index (χ2v) is 4.70. The summed E-state index contributed by atoms with van der Waals surface area (Å²) in [5, 5.41) is 0. The van der Waals surface area contributed by atoms with Crippen molar-refractivity contribution in [3.8, 4) is 5.75 Å². The zero-order valence-corrected chi connectivity index (χ0v) is 10.8. The minimum absolute atomic E-state index is 0.576. The van der Waals surface area contributed by atoms with E-state index in [9.17, 15) is 0 Å². The van der Waals surface area contributed by atoms with Crippen molar-refractivity contribution in [1.29, 1.82) is 0 Å². The Bertz CT molecular complexity index is 394. The SMILES string of the molecule is COc1cc(N2CCN(C)[C@H](C)C2)ccc1N. The smallest absolute Gasteiger partial charge is 0.143 e. The zero-order chi connectivity index (χ0) is 12.4. The number of nitrogens with zero attached hydrogens (tertiary/aromatic N) is 2. The standard InChI is InChI=1S/C13H21N3O/c1-10-9-16(7-6-15(10)2)11-4-5-12(14)13(8-11)17-3/h4-5,8,10H,6-7,9,14H2,1-3H3/t10-/m1/s1. The van der Waals surface area contributed by atoms with Gasteiger partial charge in [-0.1, -0.05) is 0 Å². The molecule has 4 heteroatoms. The Morgan fingerprint density at radius 3 is 2.76 bits per heavy atom. The Balaban J connectivity index is 2.17. The molecule has 4 nitrogen and oxygen atoms in total. The van der Waals surface area contributed by atoms with Crippen LogP contribution in [0.1, 0.15) is 6.92 Å². The van der Waals surface area contributed by atoms with Crippen LogP contribution in [0.25, 0.3) is 0 Å². The summed E-state index contributed by atoms with van der Waals surface area (Å²) in [4.78, 5) is 4.76. The summed E-state index contributed by atoms with van der Waals surface area (Å²) in [6.45, 7) is 5.44. The molecule has 1 aromatic carbocycles. The third kappa shape index (κ3) is 2.47. The van der Waals surface area contributed by atoms with E-state index in [4.69, 9.17) is 10.5 Å². The number of nitrogen functional groups attached to an aromatic ring is 1. The highest BCUT2D eigenvalue weighted by molar-refractivity contribution is 5.62. The molecule has 0 radical (unpaired) electrons. The number of methoxy groups -OCH3 is 1. The van der Waals surface area contributed by atoms with E-state index >= 15 is 0 Å². The molecule has 0 unspecified atom stereocenters. The second-order valence-electron chi connectivity index (χ2n) is 4.70. The van der Waals surface area contributed by atoms with Gasteiger partial charge >= 0.3 is 0 Å². The molecule has 0 amide bonds. The highest BCUT2D eigenvalue weighted by Crippen LogP contribution is 2.28. The summed E-state index contributed by atoms with van der Waals surface area (Å²) in [6, 6.07) is 6.58. The first-order chi connectivity index (χ1) is 8.11. The maximum atomic E-state index is 5.83. The normalized spacial score (nSPS) is 21.6. The lowest BCUT2D eigenvalue weighted by Crippen LogP contribution is -2.50. The Labute approximate surface area is 103 Å². The van der Waals surface area contributed by atoms with Gasteiger partial charge in [-0.05, 0) is 26.1 Å². The monoisotopic (exact) mass is 235 g/mol. The fourth-order valence-corrected chi connectivity index (χ4v) is 2.18. The molecular formula is C13H21N3O. The van der Waals surface area contributed by atoms with Crippen LogP contribution in [-0.2, 0) is 0 Å². The number of hydrogen-bond acceptors (Lipinski definition) is 4. The summed E-state index contributed by atoms with van der Waals surface area (Å²) in [6.07, 6.45) is 0. The van der Waals surface area contributed by atoms with Gasteiger partial charge in [0.2, 0.25) is 0 Å². The largest absolute Gasteiger partial charge is 0.495 e. The lowest BCUT2D eigenvalue weighted by atomic mass is 10.1. The molecule has 1 fully saturated rings. The fraction of sp³-hybridized carbons (Fsp3) is 0.538. The topological polar surface area (TPSA) is 41.7 Å². The van der Waals surface area contributed by atoms with Gasteiger partial charge in [0.1, 0.15) is 5.75 Å². The van der Waals surface area contributed by atoms with Crippen LogP contribution in [0, 0.1) is 0 Å². The van der Waals surface area contributed by atoms with Crippen molar-refractivity contribution in [3.63, 3.8) is 0 Å². The second kappa shape index (κ2) is 4.84. The molecular weight excluding hydrogens is 214 g/mol. The molecule has 1 aliphatic rings. The average molecular weight is 235 g/mol. The van der Waals surface area contributed by atoms with Gasteiger partial charge in [-0.2, -0.15) is 0 Å². The lowest BCUT2D eigenvalue weighted by molar-refractivity contribution is 0.234. The summed E-state index contributed by atoms with van der Waals surface area (Å²) in [5.41, 5.74) is 7.71. The summed E-state index contributed by atoms with van der Waals surface area (Å²) in [7, 11) is 3.83. The number of anilines is 2. The predicted molar refractivity (Wildman–Crippen MR) is 71.7 cm³/mol. The van der Waals surface area contributed by atoms with E-state index in [1.807, 2.05) is 12.1 Å². The molecule has 0 bridgehead atoms. The van der Waals surface area contributed by atoms with Crippen molar-refractivity contribution >= 4 is 11.4 Å². The van der Waals surface area contributed by atoms with E-state index in [1.54, 1.807) is 7.11 Å². The minimum Gasteiger partial charge on any atom is -0.495 e. The van der Waals surface area contributed by atoms with Gasteiger partial charge in [-0.15, -0.1) is 0 Å². The van der Waals surface area contributed by atoms with Crippen LogP contribution in [0.4, 0.5) is 11.4 Å². The van der Waals surface area contributed by atoms with Crippen molar-refractivity contribution in [2.45, 2.75) is 13.0 Å². The van der Waals surface area contributed by atoms with Crippen molar-refractivity contribution in [2.75, 3.05) is 44.4 Å². The molecule has 1 aliphatic heterocycles. The molecule has 17 heavy (non-hydrogen) atoms. The van der Waals surface area contributed by atoms with E-state index in [1.165, 1.54) is 5.69 Å². The maximum absolute atomic E-state index is 5.83. The van der Waals surface area contributed by atoms with E-state index < -0.39 is 0 Å². The van der Waals surface area contributed by atoms with Gasteiger partial charge in [-0.3, -0.25) is 0 Å². The number of rotatable bonds is 2. The van der Waals surface area contributed by atoms with Crippen molar-refractivity contribution in [2.24, 2.45) is 0 Å². The summed E-state index contributed by atoms with van der Waals surface area (Å²) >= 11 is 0. The Kier molecular flexibility index (Phi) is 3.43. The lowest BCUT2D eigenvalue weighted by Gasteiger charge is -2.39. The summed E-state index contributed by atoms with van der Waals surface area (Å²) < 4.78 is 5.26. The number of ether oxygens (including phenoxy) is 1. The quantitative estimate of drug-likeness (QED) is 0.787. The van der Waals surface area contributed by atoms with Crippen molar-refractivity contribution in [3.05, 3.63) is 18.2 Å². The van der Waals surface area contributed by atoms with Crippen LogP contribution in [0.2, 0.25) is 0 Å². The van der Waals surface area contributed by atoms with Crippen molar-refractivity contribution < 1.29 is 4.74 Å². The third-order valence-corrected chi connectivity index (χ3v) is 3.54. The Morgan fingerprint density at radius 1 is 1.35 bits per heavy atom. The molecule has 1 atom stereocenters. The van der Waals surface area contributed by atoms with Crippen LogP contribution in [0.3, 0.4) is 0 Å². The van der Waals surface area contributed by atoms with Gasteiger partial charge in [0.25, 0.3) is 0 Å². The van der Waals surface area contributed by atoms with E-state index in [-0.39, 0.29) is 0 Å². The van der Waals surface area contributed by atoms with Gasteiger partial charge in [0.05, 0.1) is 12.8 Å². The average Bonchev–Trinajstić information content (AvgIpc) is 2.33. The van der Waals surface area contributed by atoms with Gasteiger partial charge in [-0.25, -0.2) is 0 Å². The van der Waals surface area contributed by atoms with E-state index in [0.717, 1.165) is 25.4 Å². The van der Waals surface area contributed by atoms with Gasteiger partial charge in [0.15, 0.2) is 0 Å². The van der Waals surface area contributed by atoms with Crippen LogP contribution in [0.5, 0.6) is 5.75 Å². The molecule has 1 heterocycles. The number of nitrogens with two attached hydrogens (primary N) is 1. The van der Waals surface area contributed by atoms with Crippen LogP contribution < -0.4 is 15.4 Å². The van der Waals surface area contributed by atoms with Crippen LogP contribution in [-0.4, -0.2) is 44.7 Å². The van der Waals surface area contributed by atoms with Crippen LogP contribution >= 0.6 is 0 Å². The Morgan fingerprint density at radius 2 is 2.12 bits per heavy atom. The predicted octanol–water partition coefficient (Wildman–Crippen LogP) is 1.42. The number of benzene rings is 1. The fourth-order valence-electron chi connectivity index (χ4n) is 2.18. The number of piperazine rings is 1. The molecule has 1 saturated heterocycles. The van der Waals surface area contributed by atoms with Crippen molar-refractivity contribution in [1.82, 2.24) is 4.90 Å². The number of likely N-dealkylation sites (N-methyl/N-ethyl adjacent to an activating group) is 1.